The van der Waals surface area contributed by atoms with Crippen molar-refractivity contribution in [3.8, 4) is 68.3 Å². The maximum Gasteiger partial charge on any atom is 0.164 e. The van der Waals surface area contributed by atoms with Crippen molar-refractivity contribution in [2.45, 2.75) is 40.5 Å². The molecular formula is C61H52N6O. The van der Waals surface area contributed by atoms with Gasteiger partial charge in [-0.05, 0) is 115 Å². The van der Waals surface area contributed by atoms with Gasteiger partial charge in [-0.25, -0.2) is 29.9 Å². The lowest BCUT2D eigenvalue weighted by Gasteiger charge is -2.15. The summed E-state index contributed by atoms with van der Waals surface area (Å²) < 4.78 is 5.93. The van der Waals surface area contributed by atoms with Gasteiger partial charge in [0.25, 0.3) is 0 Å². The molecule has 3 heterocycles. The van der Waals surface area contributed by atoms with E-state index in [1.54, 1.807) is 6.26 Å². The summed E-state index contributed by atoms with van der Waals surface area (Å²) in [5.41, 5.74) is 15.0. The lowest BCUT2D eigenvalue weighted by Crippen LogP contribution is -2.02. The third-order valence-electron chi connectivity index (χ3n) is 12.2. The van der Waals surface area contributed by atoms with Crippen molar-refractivity contribution in [2.24, 2.45) is 0 Å². The molecule has 8 aromatic rings. The van der Waals surface area contributed by atoms with Crippen molar-refractivity contribution in [3.63, 3.8) is 0 Å². The molecule has 7 heteroatoms. The third kappa shape index (κ3) is 10.2. The van der Waals surface area contributed by atoms with Crippen LogP contribution in [0.2, 0.25) is 0 Å². The standard InChI is InChI=1S/C61H52N6O/c1-40-20-7-11-30-52(40)58-62-56(63-59(66-58)53-31-12-8-21-41(53)2)50-27-17-25-48(38-50)46-24-15-16-34-68-35-19-29-47(37-45(6)44(5)36-46)49-26-18-28-51(39-49)57-64-60(54-32-13-9-22-42(54)3)67-61(65-57)55-33-14-10-23-43(55)4/h7-34,36-39,46H,6,35H2,1-5H3/b24-15?,29-19-,34-16+,44-36?,47-37+. The molecule has 1 atom stereocenters. The van der Waals surface area contributed by atoms with E-state index >= 15 is 0 Å². The summed E-state index contributed by atoms with van der Waals surface area (Å²) in [5, 5.41) is 0. The molecule has 0 amide bonds. The van der Waals surface area contributed by atoms with Crippen LogP contribution in [0.4, 0.5) is 0 Å². The second-order valence-electron chi connectivity index (χ2n) is 17.0. The number of aryl methyl sites for hydroxylation is 4. The lowest BCUT2D eigenvalue weighted by atomic mass is 9.92. The number of allylic oxidation sites excluding steroid dienone is 9. The average molecular weight is 885 g/mol. The van der Waals surface area contributed by atoms with E-state index in [0.717, 1.165) is 83.5 Å². The SMILES string of the molecule is C=C1/C=C(c2cccc(-c3nc(-c4ccccc4C)nc(-c4ccccc4C)n3)c2)\C=C/CO/C=C/C=CC(c2cccc(-c3nc(-c4ccccc4C)nc(-c4ccccc4C)n3)c2)C=C1C. The highest BCUT2D eigenvalue weighted by atomic mass is 16.5. The zero-order valence-corrected chi connectivity index (χ0v) is 39.1. The van der Waals surface area contributed by atoms with Crippen molar-refractivity contribution in [1.29, 1.82) is 0 Å². The molecule has 0 spiro atoms. The molecule has 1 aliphatic heterocycles. The zero-order chi connectivity index (χ0) is 47.0. The molecule has 0 radical (unpaired) electrons. The van der Waals surface area contributed by atoms with E-state index < -0.39 is 0 Å². The molecule has 6 aromatic carbocycles. The second kappa shape index (κ2) is 20.4. The fraction of sp³-hybridized carbons (Fsp3) is 0.115. The van der Waals surface area contributed by atoms with Gasteiger partial charge < -0.3 is 4.74 Å². The van der Waals surface area contributed by atoms with Crippen molar-refractivity contribution in [1.82, 2.24) is 29.9 Å². The summed E-state index contributed by atoms with van der Waals surface area (Å²) >= 11 is 0. The van der Waals surface area contributed by atoms with E-state index in [1.165, 1.54) is 0 Å². The molecule has 0 saturated carbocycles. The Morgan fingerprint density at radius 2 is 0.912 bits per heavy atom. The average Bonchev–Trinajstić information content (AvgIpc) is 3.36. The van der Waals surface area contributed by atoms with Gasteiger partial charge in [0, 0.05) is 39.3 Å². The first-order valence-corrected chi connectivity index (χ1v) is 22.9. The number of ether oxygens (including phenoxy) is 1. The summed E-state index contributed by atoms with van der Waals surface area (Å²) in [7, 11) is 0. The molecule has 1 aliphatic rings. The lowest BCUT2D eigenvalue weighted by molar-refractivity contribution is 0.290. The minimum atomic E-state index is -0.114. The first-order chi connectivity index (χ1) is 33.2. The molecule has 2 aromatic heterocycles. The minimum Gasteiger partial charge on any atom is -0.497 e. The molecule has 332 valence electrons. The molecular weight excluding hydrogens is 833 g/mol. The Morgan fingerprint density at radius 1 is 0.471 bits per heavy atom. The van der Waals surface area contributed by atoms with Gasteiger partial charge in [-0.1, -0.05) is 164 Å². The molecule has 0 N–H and O–H groups in total. The van der Waals surface area contributed by atoms with E-state index in [1.807, 2.05) is 72.8 Å². The van der Waals surface area contributed by atoms with Crippen LogP contribution in [0.3, 0.4) is 0 Å². The molecule has 0 bridgehead atoms. The number of aromatic nitrogens is 6. The summed E-state index contributed by atoms with van der Waals surface area (Å²) in [5.74, 6) is 3.64. The Labute approximate surface area is 399 Å². The van der Waals surface area contributed by atoms with Gasteiger partial charge >= 0.3 is 0 Å². The van der Waals surface area contributed by atoms with Crippen LogP contribution in [0, 0.1) is 27.7 Å². The Bertz CT molecular complexity index is 3210. The van der Waals surface area contributed by atoms with Crippen molar-refractivity contribution < 1.29 is 4.74 Å². The van der Waals surface area contributed by atoms with Crippen LogP contribution in [-0.4, -0.2) is 36.5 Å². The van der Waals surface area contributed by atoms with Gasteiger partial charge in [-0.3, -0.25) is 0 Å². The number of nitrogens with zero attached hydrogens (tertiary/aromatic N) is 6. The largest absolute Gasteiger partial charge is 0.497 e. The molecule has 0 fully saturated rings. The maximum absolute atomic E-state index is 5.93. The number of rotatable bonds is 8. The fourth-order valence-electron chi connectivity index (χ4n) is 8.25. The Hall–Kier alpha value is -8.42. The Morgan fingerprint density at radius 3 is 1.41 bits per heavy atom. The molecule has 7 nitrogen and oxygen atoms in total. The van der Waals surface area contributed by atoms with E-state index in [0.29, 0.717) is 41.6 Å². The first kappa shape index (κ1) is 44.8. The molecule has 0 saturated heterocycles. The van der Waals surface area contributed by atoms with Gasteiger partial charge in [-0.15, -0.1) is 0 Å². The van der Waals surface area contributed by atoms with Gasteiger partial charge in [0.15, 0.2) is 34.9 Å². The van der Waals surface area contributed by atoms with Crippen LogP contribution in [0.15, 0.2) is 212 Å². The normalized spacial score (nSPS) is 15.9. The monoisotopic (exact) mass is 884 g/mol. The first-order valence-electron chi connectivity index (χ1n) is 22.9. The highest BCUT2D eigenvalue weighted by molar-refractivity contribution is 5.80. The topological polar surface area (TPSA) is 86.6 Å². The van der Waals surface area contributed by atoms with Crippen molar-refractivity contribution >= 4 is 5.57 Å². The highest BCUT2D eigenvalue weighted by Crippen LogP contribution is 2.33. The predicted octanol–water partition coefficient (Wildman–Crippen LogP) is 14.6. The minimum absolute atomic E-state index is 0.114. The predicted molar refractivity (Wildman–Crippen MR) is 278 cm³/mol. The van der Waals surface area contributed by atoms with Crippen molar-refractivity contribution in [2.75, 3.05) is 6.61 Å². The number of hydrogen-bond acceptors (Lipinski definition) is 7. The molecule has 9 rings (SSSR count). The quantitative estimate of drug-likeness (QED) is 0.150. The van der Waals surface area contributed by atoms with E-state index in [-0.39, 0.29) is 5.92 Å². The highest BCUT2D eigenvalue weighted by Gasteiger charge is 2.18. The summed E-state index contributed by atoms with van der Waals surface area (Å²) in [6, 6.07) is 49.6. The van der Waals surface area contributed by atoms with E-state index in [9.17, 15) is 0 Å². The summed E-state index contributed by atoms with van der Waals surface area (Å²) in [4.78, 5) is 30.4. The van der Waals surface area contributed by atoms with Crippen LogP contribution in [0.5, 0.6) is 0 Å². The third-order valence-corrected chi connectivity index (χ3v) is 12.2. The smallest absolute Gasteiger partial charge is 0.164 e. The van der Waals surface area contributed by atoms with E-state index in [4.69, 9.17) is 34.6 Å². The van der Waals surface area contributed by atoms with Gasteiger partial charge in [0.05, 0.1) is 6.26 Å². The molecule has 0 aliphatic carbocycles. The van der Waals surface area contributed by atoms with Crippen LogP contribution < -0.4 is 0 Å². The number of hydrogen-bond donors (Lipinski definition) is 0. The summed E-state index contributed by atoms with van der Waals surface area (Å²) in [6.07, 6.45) is 16.3. The summed E-state index contributed by atoms with van der Waals surface area (Å²) in [6.45, 7) is 15.4. The second-order valence-corrected chi connectivity index (χ2v) is 17.0. The fourth-order valence-corrected chi connectivity index (χ4v) is 8.25. The van der Waals surface area contributed by atoms with Crippen molar-refractivity contribution in [3.05, 3.63) is 245 Å². The maximum atomic E-state index is 5.93. The van der Waals surface area contributed by atoms with Crippen LogP contribution in [0.25, 0.3) is 73.9 Å². The van der Waals surface area contributed by atoms with Gasteiger partial charge in [0.2, 0.25) is 0 Å². The van der Waals surface area contributed by atoms with Crippen LogP contribution in [-0.2, 0) is 4.74 Å². The molecule has 1 unspecified atom stereocenters. The van der Waals surface area contributed by atoms with Crippen LogP contribution >= 0.6 is 0 Å². The zero-order valence-electron chi connectivity index (χ0n) is 39.1. The Kier molecular flexibility index (Phi) is 13.4. The molecule has 68 heavy (non-hydrogen) atoms. The Balaban J connectivity index is 1.08. The number of benzene rings is 6. The van der Waals surface area contributed by atoms with Gasteiger partial charge in [-0.2, -0.15) is 0 Å². The van der Waals surface area contributed by atoms with Gasteiger partial charge in [0.1, 0.15) is 6.61 Å². The van der Waals surface area contributed by atoms with E-state index in [2.05, 4.69) is 156 Å². The van der Waals surface area contributed by atoms with Crippen LogP contribution in [0.1, 0.15) is 46.2 Å².